The summed E-state index contributed by atoms with van der Waals surface area (Å²) >= 11 is 5.79. The van der Waals surface area contributed by atoms with E-state index < -0.39 is 0 Å². The fourth-order valence-electron chi connectivity index (χ4n) is 8.77. The van der Waals surface area contributed by atoms with E-state index in [9.17, 15) is 9.59 Å². The molecular weight excluding hydrogens is 984 g/mol. The average Bonchev–Trinajstić information content (AvgIpc) is 3.44. The molecule has 4 aromatic carbocycles. The average molecular weight is 1060 g/mol. The molecule has 2 aromatic heterocycles. The fraction of sp³-hybridized carbons (Fsp3) is 0.368. The Labute approximate surface area is 453 Å². The van der Waals surface area contributed by atoms with Crippen LogP contribution in [0.15, 0.2) is 97.3 Å². The molecule has 19 heteroatoms. The molecule has 404 valence electrons. The molecule has 0 spiro atoms. The van der Waals surface area contributed by atoms with E-state index in [1.54, 1.807) is 6.20 Å². The highest BCUT2D eigenvalue weighted by Gasteiger charge is 2.19. The smallest absolute Gasteiger partial charge is 0.227 e. The minimum atomic E-state index is -0.0942. The van der Waals surface area contributed by atoms with Crippen molar-refractivity contribution in [1.29, 1.82) is 0 Å². The number of morpholine rings is 4. The van der Waals surface area contributed by atoms with Gasteiger partial charge in [0.1, 0.15) is 0 Å². The number of hydrogen-bond acceptors (Lipinski definition) is 16. The Hall–Kier alpha value is -7.53. The number of rotatable bonds is 10. The largest absolute Gasteiger partial charge is 0.399 e. The zero-order valence-electron chi connectivity index (χ0n) is 43.2. The number of halogens is 1. The summed E-state index contributed by atoms with van der Waals surface area (Å²) in [5.74, 6) is 0.348. The van der Waals surface area contributed by atoms with Crippen molar-refractivity contribution in [3.63, 3.8) is 0 Å². The van der Waals surface area contributed by atoms with E-state index >= 15 is 0 Å². The molecule has 4 fully saturated rings. The molecule has 0 saturated carbocycles. The zero-order chi connectivity index (χ0) is 53.1. The second-order valence-electron chi connectivity index (χ2n) is 18.0. The van der Waals surface area contributed by atoms with Gasteiger partial charge in [0.15, 0.2) is 0 Å². The van der Waals surface area contributed by atoms with Crippen LogP contribution in [-0.2, 0) is 28.5 Å². The molecule has 6 aromatic rings. The van der Waals surface area contributed by atoms with Gasteiger partial charge in [0.05, 0.1) is 64.2 Å². The number of nitrogen functional groups attached to an aromatic ring is 1. The summed E-state index contributed by atoms with van der Waals surface area (Å²) in [6.45, 7) is 20.2. The maximum atomic E-state index is 11.3. The quantitative estimate of drug-likeness (QED) is 0.0576. The number of hydrogen-bond donors (Lipinski definition) is 4. The van der Waals surface area contributed by atoms with Crippen LogP contribution in [-0.4, -0.2) is 137 Å². The lowest BCUT2D eigenvalue weighted by Crippen LogP contribution is -2.38. The molecule has 18 nitrogen and oxygen atoms in total. The van der Waals surface area contributed by atoms with E-state index in [2.05, 4.69) is 99.7 Å². The van der Waals surface area contributed by atoms with Gasteiger partial charge < -0.3 is 60.2 Å². The number of nitrogens with one attached hydrogen (secondary N) is 3. The van der Waals surface area contributed by atoms with Crippen molar-refractivity contribution in [2.45, 2.75) is 35.1 Å². The number of nitrogens with zero attached hydrogens (tertiary/aromatic N) is 8. The third-order valence-corrected chi connectivity index (χ3v) is 12.6. The first kappa shape index (κ1) is 57.7. The van der Waals surface area contributed by atoms with Crippen molar-refractivity contribution >= 4 is 74.9 Å². The summed E-state index contributed by atoms with van der Waals surface area (Å²) in [6.07, 6.45) is 11.5. The monoisotopic (exact) mass is 1060 g/mol. The van der Waals surface area contributed by atoms with Crippen LogP contribution in [0.1, 0.15) is 33.8 Å². The number of carbonyl (C=O) groups is 2. The molecule has 4 aliphatic heterocycles. The van der Waals surface area contributed by atoms with Crippen LogP contribution in [0.25, 0.3) is 22.5 Å². The Bertz CT molecular complexity index is 2770. The summed E-state index contributed by atoms with van der Waals surface area (Å²) in [5.41, 5.74) is 19.5. The number of aromatic nitrogens is 4. The molecule has 0 radical (unpaired) electrons. The summed E-state index contributed by atoms with van der Waals surface area (Å²) < 4.78 is 21.9. The minimum absolute atomic E-state index is 0. The highest BCUT2D eigenvalue weighted by molar-refractivity contribution is 6.28. The Kier molecular flexibility index (Phi) is 22.0. The standard InChI is InChI=1S/C27H32N6O3.C14H21N3O2.C13H12ClN3O.C2H2.CH4.H2/c1-19-18-28-27(31-26(19)21-3-5-22(6-4-21)29-20(2)34)30-23-15-24(32-7-11-35-12-8-32)17-25(16-23)33-9-13-36-14-10-33;15-12-9-13(16-1-5-18-6-2-16)11-14(10-12)17-3-7-19-8-4-17;1-8-7-15-13(14)17-12(8)10-3-5-11(6-4-10)16-9(2)18;1-2;;/h3-6,15-18H,7-14H2,1-2H3,(H,29,34)(H,28,30,31);9-11H,1-8,15H2;3-7H,1-2H3,(H,16,18);1-2H;1H4;1H. The van der Waals surface area contributed by atoms with E-state index in [0.717, 1.165) is 173 Å². The highest BCUT2D eigenvalue weighted by Crippen LogP contribution is 2.32. The lowest BCUT2D eigenvalue weighted by Gasteiger charge is -2.33. The van der Waals surface area contributed by atoms with Gasteiger partial charge in [0, 0.05) is 137 Å². The van der Waals surface area contributed by atoms with Crippen LogP contribution in [0, 0.1) is 26.7 Å². The Morgan fingerprint density at radius 1 is 0.539 bits per heavy atom. The van der Waals surface area contributed by atoms with Gasteiger partial charge in [-0.05, 0) is 97.2 Å². The van der Waals surface area contributed by atoms with Crippen molar-refractivity contribution in [3.05, 3.63) is 114 Å². The molecule has 4 aliphatic rings. The van der Waals surface area contributed by atoms with E-state index in [4.69, 9.17) is 41.3 Å². The van der Waals surface area contributed by atoms with Gasteiger partial charge in [-0.2, -0.15) is 0 Å². The van der Waals surface area contributed by atoms with Crippen LogP contribution < -0.4 is 41.3 Å². The molecule has 10 rings (SSSR count). The van der Waals surface area contributed by atoms with Crippen molar-refractivity contribution in [2.24, 2.45) is 0 Å². The number of anilines is 9. The van der Waals surface area contributed by atoms with Gasteiger partial charge in [0.25, 0.3) is 0 Å². The van der Waals surface area contributed by atoms with Gasteiger partial charge in [-0.1, -0.05) is 31.7 Å². The van der Waals surface area contributed by atoms with E-state index in [1.165, 1.54) is 25.2 Å². The first-order valence-electron chi connectivity index (χ1n) is 25.0. The summed E-state index contributed by atoms with van der Waals surface area (Å²) in [4.78, 5) is 49.1. The second-order valence-corrected chi connectivity index (χ2v) is 18.3. The van der Waals surface area contributed by atoms with Crippen molar-refractivity contribution in [2.75, 3.05) is 146 Å². The van der Waals surface area contributed by atoms with Crippen molar-refractivity contribution in [1.82, 2.24) is 19.9 Å². The van der Waals surface area contributed by atoms with Gasteiger partial charge in [-0.15, -0.1) is 12.8 Å². The summed E-state index contributed by atoms with van der Waals surface area (Å²) in [6, 6.07) is 28.0. The molecule has 2 amide bonds. The molecule has 0 atom stereocenters. The first-order chi connectivity index (χ1) is 36.4. The molecule has 5 N–H and O–H groups in total. The third-order valence-electron chi connectivity index (χ3n) is 12.5. The summed E-state index contributed by atoms with van der Waals surface area (Å²) in [5, 5.41) is 9.18. The lowest BCUT2D eigenvalue weighted by atomic mass is 10.1. The maximum Gasteiger partial charge on any atom is 0.227 e. The van der Waals surface area contributed by atoms with Gasteiger partial charge in [-0.25, -0.2) is 19.9 Å². The number of aryl methyl sites for hydroxylation is 2. The molecule has 0 unspecified atom stereocenters. The molecule has 4 saturated heterocycles. The summed E-state index contributed by atoms with van der Waals surface area (Å²) in [7, 11) is 0. The predicted molar refractivity (Wildman–Crippen MR) is 309 cm³/mol. The Balaban J connectivity index is 0.000000226. The van der Waals surface area contributed by atoms with Crippen LogP contribution in [0.4, 0.5) is 51.4 Å². The van der Waals surface area contributed by atoms with E-state index in [-0.39, 0.29) is 26.0 Å². The molecule has 0 aliphatic carbocycles. The number of amides is 2. The van der Waals surface area contributed by atoms with Gasteiger partial charge >= 0.3 is 0 Å². The van der Waals surface area contributed by atoms with Crippen LogP contribution >= 0.6 is 11.6 Å². The van der Waals surface area contributed by atoms with E-state index in [0.29, 0.717) is 5.95 Å². The Morgan fingerprint density at radius 3 is 1.25 bits per heavy atom. The number of nitrogens with two attached hydrogens (primary N) is 1. The molecular formula is C57H73ClN12O6. The van der Waals surface area contributed by atoms with Crippen LogP contribution in [0.5, 0.6) is 0 Å². The van der Waals surface area contributed by atoms with Crippen molar-refractivity contribution in [3.8, 4) is 35.4 Å². The number of terminal acetylenes is 1. The number of benzene rings is 4. The fourth-order valence-corrected chi connectivity index (χ4v) is 8.90. The first-order valence-corrected chi connectivity index (χ1v) is 25.4. The second kappa shape index (κ2) is 29.0. The van der Waals surface area contributed by atoms with Gasteiger partial charge in [0.2, 0.25) is 23.0 Å². The topological polar surface area (TPSA) is 198 Å². The van der Waals surface area contributed by atoms with Gasteiger partial charge in [-0.3, -0.25) is 9.59 Å². The SMILES string of the molecule is C.C#C.CC(=O)Nc1ccc(-c2nc(Cl)ncc2C)cc1.CC(=O)Nc1ccc(-c2nc(Nc3cc(N4CCOCC4)cc(N4CCOCC4)c3)ncc2C)cc1.Nc1cc(N2CCOCC2)cc(N2CCOCC2)c1.[HH]. The normalized spacial score (nSPS) is 15.2. The maximum absolute atomic E-state index is 11.3. The van der Waals surface area contributed by atoms with Crippen molar-refractivity contribution < 1.29 is 30.0 Å². The zero-order valence-corrected chi connectivity index (χ0v) is 43.9. The van der Waals surface area contributed by atoms with E-state index in [1.807, 2.05) is 68.6 Å². The number of ether oxygens (including phenoxy) is 4. The van der Waals surface area contributed by atoms with Crippen LogP contribution in [0.2, 0.25) is 5.28 Å². The Morgan fingerprint density at radius 2 is 0.882 bits per heavy atom. The van der Waals surface area contributed by atoms with Crippen LogP contribution in [0.3, 0.4) is 0 Å². The number of carbonyl (C=O) groups excluding carboxylic acids is 2. The minimum Gasteiger partial charge on any atom is -0.399 e. The lowest BCUT2D eigenvalue weighted by molar-refractivity contribution is -0.115. The molecule has 0 bridgehead atoms. The highest BCUT2D eigenvalue weighted by atomic mass is 35.5. The predicted octanol–water partition coefficient (Wildman–Crippen LogP) is 8.96. The molecule has 6 heterocycles. The molecule has 76 heavy (non-hydrogen) atoms. The third kappa shape index (κ3) is 16.7.